The molecule has 0 spiro atoms. The highest BCUT2D eigenvalue weighted by atomic mass is 16.5. The lowest BCUT2D eigenvalue weighted by atomic mass is 9.65. The Morgan fingerprint density at radius 1 is 0.656 bits per heavy atom. The smallest absolute Gasteiger partial charge is 0.0632 e. The van der Waals surface area contributed by atoms with Gasteiger partial charge in [-0.15, -0.1) is 0 Å². The van der Waals surface area contributed by atoms with Crippen LogP contribution in [0.1, 0.15) is 122 Å². The molecule has 0 fully saturated rings. The molecule has 0 saturated carbocycles. The summed E-state index contributed by atoms with van der Waals surface area (Å²) >= 11 is 0. The van der Waals surface area contributed by atoms with Gasteiger partial charge in [0.15, 0.2) is 0 Å². The van der Waals surface area contributed by atoms with Crippen LogP contribution < -0.4 is 11.5 Å². The van der Waals surface area contributed by atoms with Crippen LogP contribution in [0.2, 0.25) is 0 Å². The van der Waals surface area contributed by atoms with E-state index in [0.717, 1.165) is 19.3 Å². The van der Waals surface area contributed by atoms with Gasteiger partial charge in [-0.3, -0.25) is 0 Å². The van der Waals surface area contributed by atoms with Crippen LogP contribution in [0.4, 0.5) is 0 Å². The lowest BCUT2D eigenvalue weighted by Gasteiger charge is -2.46. The summed E-state index contributed by atoms with van der Waals surface area (Å²) in [5, 5.41) is 0. The predicted octanol–water partition coefficient (Wildman–Crippen LogP) is 6.94. The number of nitrogens with two attached hydrogens (primary N) is 2. The maximum absolute atomic E-state index is 6.51. The minimum absolute atomic E-state index is 0.158. The number of hydrogen-bond donors (Lipinski definition) is 2. The molecule has 4 nitrogen and oxygen atoms in total. The summed E-state index contributed by atoms with van der Waals surface area (Å²) in [6.07, 6.45) is 5.54. The van der Waals surface area contributed by atoms with Gasteiger partial charge in [-0.2, -0.15) is 0 Å². The van der Waals surface area contributed by atoms with E-state index in [1.165, 1.54) is 12.8 Å². The third-order valence-corrected chi connectivity index (χ3v) is 7.82. The van der Waals surface area contributed by atoms with Crippen LogP contribution in [-0.2, 0) is 9.47 Å². The Hall–Kier alpha value is -0.160. The van der Waals surface area contributed by atoms with Gasteiger partial charge in [0.2, 0.25) is 0 Å². The zero-order valence-corrected chi connectivity index (χ0v) is 24.2. The molecular weight excluding hydrogens is 396 g/mol. The summed E-state index contributed by atoms with van der Waals surface area (Å²) in [5.74, 6) is 1.27. The minimum Gasteiger partial charge on any atom is -0.375 e. The predicted molar refractivity (Wildman–Crippen MR) is 141 cm³/mol. The van der Waals surface area contributed by atoms with E-state index in [-0.39, 0.29) is 27.7 Å². The van der Waals surface area contributed by atoms with Crippen LogP contribution in [0.15, 0.2) is 0 Å². The molecule has 0 aromatic heterocycles. The first-order valence-corrected chi connectivity index (χ1v) is 13.0. The van der Waals surface area contributed by atoms with E-state index in [1.807, 2.05) is 0 Å². The zero-order chi connectivity index (χ0) is 25.6. The Morgan fingerprint density at radius 2 is 1.00 bits per heavy atom. The van der Waals surface area contributed by atoms with Gasteiger partial charge in [-0.05, 0) is 97.8 Å². The Kier molecular flexibility index (Phi) is 11.9. The molecule has 0 aliphatic rings. The van der Waals surface area contributed by atoms with Gasteiger partial charge in [0.05, 0.1) is 24.4 Å². The van der Waals surface area contributed by atoms with E-state index < -0.39 is 0 Å². The van der Waals surface area contributed by atoms with Gasteiger partial charge in [0, 0.05) is 11.1 Å². The number of hydrogen-bond acceptors (Lipinski definition) is 4. The van der Waals surface area contributed by atoms with Crippen molar-refractivity contribution in [2.75, 3.05) is 13.2 Å². The van der Waals surface area contributed by atoms with Crippen LogP contribution in [-0.4, -0.2) is 35.5 Å². The lowest BCUT2D eigenvalue weighted by Crippen LogP contribution is -2.46. The highest BCUT2D eigenvalue weighted by molar-refractivity contribution is 4.93. The molecule has 0 heterocycles. The van der Waals surface area contributed by atoms with Gasteiger partial charge in [-0.1, -0.05) is 47.5 Å². The molecule has 3 atom stereocenters. The monoisotopic (exact) mass is 456 g/mol. The summed E-state index contributed by atoms with van der Waals surface area (Å²) in [7, 11) is 0. The molecule has 4 heteroatoms. The Morgan fingerprint density at radius 3 is 1.25 bits per heavy atom. The molecule has 0 bridgehead atoms. The third-order valence-electron chi connectivity index (χ3n) is 7.82. The molecular formula is C28H60N2O2. The molecule has 0 radical (unpaired) electrons. The third kappa shape index (κ3) is 11.8. The molecule has 0 amide bonds. The second kappa shape index (κ2) is 12.0. The largest absolute Gasteiger partial charge is 0.375 e. The first-order valence-electron chi connectivity index (χ1n) is 13.0. The van der Waals surface area contributed by atoms with Crippen molar-refractivity contribution in [3.63, 3.8) is 0 Å². The lowest BCUT2D eigenvalue weighted by molar-refractivity contribution is -0.108. The van der Waals surface area contributed by atoms with E-state index in [9.17, 15) is 0 Å². The van der Waals surface area contributed by atoms with Crippen LogP contribution >= 0.6 is 0 Å². The molecule has 32 heavy (non-hydrogen) atoms. The maximum Gasteiger partial charge on any atom is 0.0632 e. The fraction of sp³-hybridized carbons (Fsp3) is 1.00. The SMILES string of the molecule is CCC(C)CC(CC)(CC(C)(C)OCC(C)C(C)(C)N)CC(C)(C)OCC(C)C(C)(C)N. The molecule has 0 aliphatic carbocycles. The first-order chi connectivity index (χ1) is 14.2. The standard InChI is InChI=1S/C28H60N2O2/c1-14-21(3)16-28(15-2,19-24(6,7)31-17-22(4)26(10,11)29)20-25(8,9)32-18-23(5)27(12,13)30/h21-23H,14-20,29-30H2,1-13H3. The van der Waals surface area contributed by atoms with Crippen molar-refractivity contribution in [1.82, 2.24) is 0 Å². The quantitative estimate of drug-likeness (QED) is 0.264. The van der Waals surface area contributed by atoms with Crippen molar-refractivity contribution in [2.24, 2.45) is 34.6 Å². The highest BCUT2D eigenvalue weighted by Gasteiger charge is 2.41. The van der Waals surface area contributed by atoms with Crippen LogP contribution in [0, 0.1) is 23.2 Å². The second-order valence-electron chi connectivity index (χ2n) is 13.5. The van der Waals surface area contributed by atoms with Crippen molar-refractivity contribution in [2.45, 2.75) is 144 Å². The molecule has 4 N–H and O–H groups in total. The molecule has 0 aromatic carbocycles. The molecule has 0 aliphatic heterocycles. The minimum atomic E-state index is -0.238. The first kappa shape index (κ1) is 31.8. The maximum atomic E-state index is 6.51. The number of ether oxygens (including phenoxy) is 2. The normalized spacial score (nSPS) is 18.8. The van der Waals surface area contributed by atoms with Crippen molar-refractivity contribution in [3.8, 4) is 0 Å². The van der Waals surface area contributed by atoms with Crippen LogP contribution in [0.3, 0.4) is 0 Å². The van der Waals surface area contributed by atoms with Crippen molar-refractivity contribution in [3.05, 3.63) is 0 Å². The van der Waals surface area contributed by atoms with Gasteiger partial charge in [0.1, 0.15) is 0 Å². The topological polar surface area (TPSA) is 70.5 Å². The highest BCUT2D eigenvalue weighted by Crippen LogP contribution is 2.46. The van der Waals surface area contributed by atoms with Gasteiger partial charge in [-0.25, -0.2) is 0 Å². The average molecular weight is 457 g/mol. The summed E-state index contributed by atoms with van der Waals surface area (Å²) in [6.45, 7) is 30.0. The van der Waals surface area contributed by atoms with E-state index in [0.29, 0.717) is 31.0 Å². The summed E-state index contributed by atoms with van der Waals surface area (Å²) in [6, 6.07) is 0. The van der Waals surface area contributed by atoms with E-state index >= 15 is 0 Å². The van der Waals surface area contributed by atoms with Gasteiger partial charge in [0.25, 0.3) is 0 Å². The fourth-order valence-corrected chi connectivity index (χ4v) is 4.52. The Bertz CT molecular complexity index is 491. The van der Waals surface area contributed by atoms with Crippen molar-refractivity contribution in [1.29, 1.82) is 0 Å². The Labute approximate surface area is 201 Å². The van der Waals surface area contributed by atoms with Gasteiger partial charge < -0.3 is 20.9 Å². The van der Waals surface area contributed by atoms with Crippen LogP contribution in [0.5, 0.6) is 0 Å². The van der Waals surface area contributed by atoms with E-state index in [1.54, 1.807) is 0 Å². The summed E-state index contributed by atoms with van der Waals surface area (Å²) in [4.78, 5) is 0. The average Bonchev–Trinajstić information content (AvgIpc) is 2.61. The molecule has 0 rings (SSSR count). The molecule has 194 valence electrons. The summed E-state index contributed by atoms with van der Waals surface area (Å²) in [5.41, 5.74) is 11.9. The Balaban J connectivity index is 5.56. The van der Waals surface area contributed by atoms with E-state index in [4.69, 9.17) is 20.9 Å². The van der Waals surface area contributed by atoms with Crippen molar-refractivity contribution >= 4 is 0 Å². The van der Waals surface area contributed by atoms with Crippen molar-refractivity contribution < 1.29 is 9.47 Å². The second-order valence-corrected chi connectivity index (χ2v) is 13.5. The number of rotatable bonds is 16. The molecule has 0 saturated heterocycles. The van der Waals surface area contributed by atoms with Gasteiger partial charge >= 0.3 is 0 Å². The summed E-state index contributed by atoms with van der Waals surface area (Å²) < 4.78 is 13.0. The zero-order valence-electron chi connectivity index (χ0n) is 24.2. The molecule has 3 unspecified atom stereocenters. The van der Waals surface area contributed by atoms with Crippen LogP contribution in [0.25, 0.3) is 0 Å². The fourth-order valence-electron chi connectivity index (χ4n) is 4.52. The van der Waals surface area contributed by atoms with E-state index in [2.05, 4.69) is 90.0 Å². The molecule has 0 aromatic rings.